The average molecular weight is 771 g/mol. The highest BCUT2D eigenvalue weighted by atomic mass is 35.5. The molecule has 1 fully saturated rings. The molecular weight excluding hydrogens is 737 g/mol. The van der Waals surface area contributed by atoms with E-state index in [2.05, 4.69) is 20.4 Å². The molecule has 1 saturated carbocycles. The van der Waals surface area contributed by atoms with Crippen LogP contribution >= 0.6 is 11.6 Å². The van der Waals surface area contributed by atoms with Crippen molar-refractivity contribution in [2.75, 3.05) is 13.2 Å². The maximum atomic E-state index is 14.5. The summed E-state index contributed by atoms with van der Waals surface area (Å²) in [7, 11) is 0. The number of amides is 2. The van der Waals surface area contributed by atoms with E-state index >= 15 is 0 Å². The lowest BCUT2D eigenvalue weighted by atomic mass is 9.92. The van der Waals surface area contributed by atoms with Gasteiger partial charge in [0.25, 0.3) is 18.8 Å². The quantitative estimate of drug-likeness (QED) is 0.0793. The van der Waals surface area contributed by atoms with Crippen molar-refractivity contribution in [3.63, 3.8) is 0 Å². The molecule has 1 aliphatic carbocycles. The number of carbonyl (C=O) groups excluding carboxylic acids is 2. The summed E-state index contributed by atoms with van der Waals surface area (Å²) in [6, 6.07) is 7.53. The summed E-state index contributed by atoms with van der Waals surface area (Å²) in [5, 5.41) is 17.7. The number of fused-ring (bicyclic) bond motifs is 1. The molecule has 2 aromatic carbocycles. The third-order valence-electron chi connectivity index (χ3n) is 8.55. The van der Waals surface area contributed by atoms with Gasteiger partial charge in [0.15, 0.2) is 11.8 Å². The largest absolute Gasteiger partial charge is 0.447 e. The molecule has 19 heteroatoms. The highest BCUT2D eigenvalue weighted by molar-refractivity contribution is 6.32. The van der Waals surface area contributed by atoms with Crippen molar-refractivity contribution >= 4 is 40.3 Å². The standard InChI is InChI=1S/C34H34ClF7N8O3/c1-32(2,3)11-13-45-30(43)49(29(51)20-4-6-21-18(14-20)8-12-44-25(21)26(36)37)24(16-53-31(52)48-33(9-10-33)34(40,41)42)19-5-7-22(35)23(15-19)50-28(27(38)39)46-17-47-50/h4-8,12,14-15,17,24,26-27H,9-11,13,16H2,1-3H3,(H2,43,45)(H,48,52)/t24-/m1/s1. The number of carbonyl (C=O) groups is 2. The number of alkyl halides is 7. The zero-order chi connectivity index (χ0) is 38.9. The maximum Gasteiger partial charge on any atom is 0.411 e. The predicted octanol–water partition coefficient (Wildman–Crippen LogP) is 8.31. The molecule has 0 unspecified atom stereocenters. The van der Waals surface area contributed by atoms with Crippen LogP contribution in [0.15, 0.2) is 55.0 Å². The normalized spacial score (nSPS) is 14.7. The first-order valence-electron chi connectivity index (χ1n) is 16.1. The van der Waals surface area contributed by atoms with Crippen molar-refractivity contribution in [2.45, 2.75) is 70.6 Å². The second-order valence-electron chi connectivity index (χ2n) is 13.6. The topological polar surface area (TPSA) is 138 Å². The minimum absolute atomic E-state index is 0.0329. The van der Waals surface area contributed by atoms with E-state index in [1.165, 1.54) is 42.5 Å². The Morgan fingerprint density at radius 2 is 1.75 bits per heavy atom. The number of hydrogen-bond acceptors (Lipinski definition) is 7. The summed E-state index contributed by atoms with van der Waals surface area (Å²) in [5.74, 6) is -2.23. The lowest BCUT2D eigenvalue weighted by molar-refractivity contribution is -0.164. The Kier molecular flexibility index (Phi) is 11.2. The molecule has 2 aromatic heterocycles. The second-order valence-corrected chi connectivity index (χ2v) is 14.0. The van der Waals surface area contributed by atoms with Crippen LogP contribution < -0.4 is 10.6 Å². The van der Waals surface area contributed by atoms with Gasteiger partial charge in [-0.1, -0.05) is 44.5 Å². The number of benzene rings is 2. The first-order valence-corrected chi connectivity index (χ1v) is 16.5. The van der Waals surface area contributed by atoms with Crippen LogP contribution in [0.2, 0.25) is 5.02 Å². The van der Waals surface area contributed by atoms with Crippen molar-refractivity contribution in [1.82, 2.24) is 35.3 Å². The Hall–Kier alpha value is -5.00. The highest BCUT2D eigenvalue weighted by Crippen LogP contribution is 2.49. The van der Waals surface area contributed by atoms with Crippen LogP contribution in [0.1, 0.15) is 86.4 Å². The van der Waals surface area contributed by atoms with Crippen molar-refractivity contribution in [3.05, 3.63) is 82.7 Å². The number of aromatic nitrogens is 4. The summed E-state index contributed by atoms with van der Waals surface area (Å²) in [6.45, 7) is 5.14. The Bertz CT molecular complexity index is 2000. The smallest absolute Gasteiger partial charge is 0.411 e. The number of guanidine groups is 1. The lowest BCUT2D eigenvalue weighted by Crippen LogP contribution is -2.50. The number of hydrogen-bond donors (Lipinski definition) is 3. The van der Waals surface area contributed by atoms with E-state index < -0.39 is 66.7 Å². The zero-order valence-corrected chi connectivity index (χ0v) is 29.2. The zero-order valence-electron chi connectivity index (χ0n) is 28.4. The summed E-state index contributed by atoms with van der Waals surface area (Å²) in [6.07, 6.45) is -10.5. The van der Waals surface area contributed by atoms with Crippen LogP contribution in [-0.2, 0) is 4.74 Å². The number of nitrogens with zero attached hydrogens (tertiary/aromatic N) is 5. The average Bonchev–Trinajstić information content (AvgIpc) is 3.70. The van der Waals surface area contributed by atoms with Gasteiger partial charge in [0.2, 0.25) is 0 Å². The molecule has 3 N–H and O–H groups in total. The molecule has 0 radical (unpaired) electrons. The summed E-state index contributed by atoms with van der Waals surface area (Å²) >= 11 is 6.39. The van der Waals surface area contributed by atoms with Gasteiger partial charge in [-0.15, -0.1) is 0 Å². The van der Waals surface area contributed by atoms with E-state index in [1.807, 2.05) is 26.1 Å². The van der Waals surface area contributed by atoms with Gasteiger partial charge >= 0.3 is 12.3 Å². The van der Waals surface area contributed by atoms with Crippen molar-refractivity contribution in [2.24, 2.45) is 5.41 Å². The minimum atomic E-state index is -4.77. The summed E-state index contributed by atoms with van der Waals surface area (Å²) in [5.41, 5.74) is -3.45. The lowest BCUT2D eigenvalue weighted by Gasteiger charge is -2.33. The molecule has 0 aliphatic heterocycles. The van der Waals surface area contributed by atoms with E-state index in [9.17, 15) is 40.3 Å². The van der Waals surface area contributed by atoms with E-state index in [4.69, 9.17) is 21.7 Å². The fourth-order valence-corrected chi connectivity index (χ4v) is 5.68. The first-order chi connectivity index (χ1) is 24.8. The molecule has 2 heterocycles. The van der Waals surface area contributed by atoms with Crippen molar-refractivity contribution in [1.29, 1.82) is 5.41 Å². The maximum absolute atomic E-state index is 14.5. The molecule has 1 atom stereocenters. The van der Waals surface area contributed by atoms with E-state index in [-0.39, 0.29) is 57.4 Å². The van der Waals surface area contributed by atoms with Crippen molar-refractivity contribution < 1.29 is 45.1 Å². The van der Waals surface area contributed by atoms with Crippen LogP contribution in [-0.4, -0.2) is 67.5 Å². The highest BCUT2D eigenvalue weighted by Gasteiger charge is 2.64. The number of ether oxygens (including phenoxy) is 1. The molecule has 0 bridgehead atoms. The number of alkyl carbamates (subject to hydrolysis) is 1. The molecule has 0 saturated heterocycles. The molecule has 1 aliphatic rings. The van der Waals surface area contributed by atoms with Gasteiger partial charge in [-0.3, -0.25) is 20.1 Å². The number of halogens is 8. The predicted molar refractivity (Wildman–Crippen MR) is 179 cm³/mol. The Morgan fingerprint density at radius 3 is 2.38 bits per heavy atom. The number of rotatable bonds is 11. The number of pyridine rings is 1. The Morgan fingerprint density at radius 1 is 1.04 bits per heavy atom. The summed E-state index contributed by atoms with van der Waals surface area (Å²) in [4.78, 5) is 35.5. The molecule has 2 amide bonds. The Balaban J connectivity index is 1.61. The monoisotopic (exact) mass is 770 g/mol. The molecular formula is C34H34ClF7N8O3. The van der Waals surface area contributed by atoms with Gasteiger partial charge in [0.05, 0.1) is 16.8 Å². The van der Waals surface area contributed by atoms with E-state index in [0.29, 0.717) is 6.42 Å². The molecule has 53 heavy (non-hydrogen) atoms. The van der Waals surface area contributed by atoms with Crippen LogP contribution in [0.3, 0.4) is 0 Å². The Labute approximate surface area is 303 Å². The summed E-state index contributed by atoms with van der Waals surface area (Å²) < 4.78 is 102. The fraction of sp³-hybridized carbons (Fsp3) is 0.412. The van der Waals surface area contributed by atoms with Crippen LogP contribution in [0, 0.1) is 10.8 Å². The molecule has 0 spiro atoms. The molecule has 4 aromatic rings. The molecule has 284 valence electrons. The SMILES string of the molecule is CC(C)(C)CCNC(=N)N(C(=O)c1ccc2c(C(F)F)nccc2c1)[C@H](COC(=O)NC1(C(F)(F)F)CC1)c1ccc(Cl)c(-n2ncnc2C(F)F)c1. The first kappa shape index (κ1) is 39.2. The number of nitrogens with one attached hydrogen (secondary N) is 3. The van der Waals surface area contributed by atoms with Gasteiger partial charge in [0, 0.05) is 23.7 Å². The molecule has 11 nitrogen and oxygen atoms in total. The van der Waals surface area contributed by atoms with Gasteiger partial charge in [-0.2, -0.15) is 18.3 Å². The fourth-order valence-electron chi connectivity index (χ4n) is 5.48. The van der Waals surface area contributed by atoms with Crippen LogP contribution in [0.25, 0.3) is 16.5 Å². The van der Waals surface area contributed by atoms with Gasteiger partial charge < -0.3 is 15.4 Å². The van der Waals surface area contributed by atoms with Gasteiger partial charge in [0.1, 0.15) is 24.2 Å². The third-order valence-corrected chi connectivity index (χ3v) is 8.87. The van der Waals surface area contributed by atoms with Crippen LogP contribution in [0.5, 0.6) is 0 Å². The third kappa shape index (κ3) is 8.80. The van der Waals surface area contributed by atoms with E-state index in [1.54, 1.807) is 0 Å². The molecule has 5 rings (SSSR count). The van der Waals surface area contributed by atoms with Crippen molar-refractivity contribution in [3.8, 4) is 5.69 Å². The second kappa shape index (κ2) is 15.2. The minimum Gasteiger partial charge on any atom is -0.447 e. The van der Waals surface area contributed by atoms with E-state index in [0.717, 1.165) is 22.1 Å². The van der Waals surface area contributed by atoms with Crippen LogP contribution in [0.4, 0.5) is 35.5 Å². The van der Waals surface area contributed by atoms with Gasteiger partial charge in [-0.05, 0) is 66.0 Å². The van der Waals surface area contributed by atoms with Gasteiger partial charge in [-0.25, -0.2) is 32.0 Å².